The van der Waals surface area contributed by atoms with Crippen molar-refractivity contribution in [2.24, 2.45) is 0 Å². The Morgan fingerprint density at radius 1 is 1.25 bits per heavy atom. The van der Waals surface area contributed by atoms with Gasteiger partial charge < -0.3 is 4.98 Å². The number of rotatable bonds is 2. The minimum atomic E-state index is -0.538. The number of hydrogen-bond donors (Lipinski definition) is 1. The Bertz CT molecular complexity index is 867. The molecule has 0 atom stereocenters. The summed E-state index contributed by atoms with van der Waals surface area (Å²) in [6, 6.07) is 7.33. The molecule has 0 unspecified atom stereocenters. The first-order chi connectivity index (χ1) is 9.56. The number of H-pyrrole nitrogens is 1. The molecule has 20 heavy (non-hydrogen) atoms. The van der Waals surface area contributed by atoms with Gasteiger partial charge in [0, 0.05) is 4.88 Å². The van der Waals surface area contributed by atoms with Crippen molar-refractivity contribution in [3.05, 3.63) is 62.8 Å². The van der Waals surface area contributed by atoms with Gasteiger partial charge in [-0.25, -0.2) is 4.39 Å². The lowest BCUT2D eigenvalue weighted by atomic mass is 10.2. The molecule has 0 bridgehead atoms. The molecule has 0 aliphatic rings. The smallest absolute Gasteiger partial charge is 0.303 e. The van der Waals surface area contributed by atoms with Gasteiger partial charge in [0.2, 0.25) is 0 Å². The van der Waals surface area contributed by atoms with Crippen molar-refractivity contribution in [1.29, 1.82) is 0 Å². The molecule has 7 heteroatoms. The van der Waals surface area contributed by atoms with Crippen LogP contribution in [-0.2, 0) is 0 Å². The first kappa shape index (κ1) is 12.5. The summed E-state index contributed by atoms with van der Waals surface area (Å²) >= 11 is 1.14. The number of benzene rings is 1. The minimum Gasteiger partial charge on any atom is -0.322 e. The fourth-order valence-corrected chi connectivity index (χ4v) is 3.07. The van der Waals surface area contributed by atoms with Gasteiger partial charge in [-0.05, 0) is 23.8 Å². The van der Waals surface area contributed by atoms with Crippen LogP contribution in [0.3, 0.4) is 0 Å². The van der Waals surface area contributed by atoms with Crippen molar-refractivity contribution in [1.82, 2.24) is 4.98 Å². The molecule has 0 radical (unpaired) electrons. The Hall–Kier alpha value is -2.54. The molecule has 0 amide bonds. The van der Waals surface area contributed by atoms with E-state index in [9.17, 15) is 19.3 Å². The number of aromatic amines is 1. The van der Waals surface area contributed by atoms with Gasteiger partial charge in [-0.1, -0.05) is 12.1 Å². The van der Waals surface area contributed by atoms with Gasteiger partial charge in [-0.3, -0.25) is 14.9 Å². The summed E-state index contributed by atoms with van der Waals surface area (Å²) < 4.78 is 13.2. The van der Waals surface area contributed by atoms with Gasteiger partial charge in [0.25, 0.3) is 5.56 Å². The van der Waals surface area contributed by atoms with Crippen molar-refractivity contribution in [2.75, 3.05) is 0 Å². The van der Waals surface area contributed by atoms with Gasteiger partial charge in [-0.2, -0.15) is 0 Å². The van der Waals surface area contributed by atoms with E-state index in [2.05, 4.69) is 4.98 Å². The highest BCUT2D eigenvalue weighted by molar-refractivity contribution is 7.22. The largest absolute Gasteiger partial charge is 0.322 e. The van der Waals surface area contributed by atoms with E-state index in [0.29, 0.717) is 15.1 Å². The van der Waals surface area contributed by atoms with Crippen LogP contribution < -0.4 is 5.56 Å². The zero-order valence-corrected chi connectivity index (χ0v) is 10.7. The summed E-state index contributed by atoms with van der Waals surface area (Å²) in [6.45, 7) is 0. The number of hydrogen-bond acceptors (Lipinski definition) is 4. The zero-order valence-electron chi connectivity index (χ0n) is 9.92. The highest BCUT2D eigenvalue weighted by atomic mass is 32.1. The molecule has 2 heterocycles. The van der Waals surface area contributed by atoms with Crippen LogP contribution in [-0.4, -0.2) is 9.91 Å². The van der Waals surface area contributed by atoms with Gasteiger partial charge >= 0.3 is 5.69 Å². The standard InChI is InChI=1S/C13H7FN2O3S/c14-8-3-1-7(2-4-8)11-5-9-12(20-11)10(16(18)19)6-15-13(9)17/h1-6H,(H,15,17). The third-order valence-electron chi connectivity index (χ3n) is 2.87. The fraction of sp³-hybridized carbons (Fsp3) is 0. The molecule has 5 nitrogen and oxygen atoms in total. The van der Waals surface area contributed by atoms with Crippen molar-refractivity contribution in [3.8, 4) is 10.4 Å². The summed E-state index contributed by atoms with van der Waals surface area (Å²) in [5.41, 5.74) is 0.189. The number of nitrogens with zero attached hydrogens (tertiary/aromatic N) is 1. The van der Waals surface area contributed by atoms with E-state index >= 15 is 0 Å². The number of nitro groups is 1. The van der Waals surface area contributed by atoms with E-state index in [4.69, 9.17) is 0 Å². The van der Waals surface area contributed by atoms with E-state index < -0.39 is 4.92 Å². The number of thiophene rings is 1. The second-order valence-electron chi connectivity index (χ2n) is 4.12. The van der Waals surface area contributed by atoms with E-state index in [1.54, 1.807) is 18.2 Å². The maximum Gasteiger partial charge on any atom is 0.303 e. The van der Waals surface area contributed by atoms with Crippen LogP contribution in [0.1, 0.15) is 0 Å². The van der Waals surface area contributed by atoms with Crippen LogP contribution in [0.2, 0.25) is 0 Å². The van der Waals surface area contributed by atoms with E-state index in [1.165, 1.54) is 12.1 Å². The van der Waals surface area contributed by atoms with Crippen LogP contribution in [0, 0.1) is 15.9 Å². The highest BCUT2D eigenvalue weighted by Crippen LogP contribution is 2.36. The molecule has 0 aliphatic heterocycles. The monoisotopic (exact) mass is 290 g/mol. The molecule has 0 spiro atoms. The average molecular weight is 290 g/mol. The molecule has 0 aliphatic carbocycles. The molecule has 1 aromatic carbocycles. The molecule has 2 aromatic heterocycles. The number of nitrogens with one attached hydrogen (secondary N) is 1. The normalized spacial score (nSPS) is 10.8. The number of aromatic nitrogens is 1. The van der Waals surface area contributed by atoms with E-state index in [1.807, 2.05) is 0 Å². The third-order valence-corrected chi connectivity index (χ3v) is 4.08. The van der Waals surface area contributed by atoms with Crippen LogP contribution in [0.5, 0.6) is 0 Å². The zero-order chi connectivity index (χ0) is 14.3. The van der Waals surface area contributed by atoms with Gasteiger partial charge in [0.1, 0.15) is 10.5 Å². The van der Waals surface area contributed by atoms with Crippen molar-refractivity contribution in [3.63, 3.8) is 0 Å². The van der Waals surface area contributed by atoms with Crippen molar-refractivity contribution >= 4 is 27.1 Å². The van der Waals surface area contributed by atoms with E-state index in [-0.39, 0.29) is 22.5 Å². The summed E-state index contributed by atoms with van der Waals surface area (Å²) in [4.78, 5) is 25.2. The van der Waals surface area contributed by atoms with Crippen LogP contribution >= 0.6 is 11.3 Å². The van der Waals surface area contributed by atoms with Crippen LogP contribution in [0.4, 0.5) is 10.1 Å². The molecule has 0 fully saturated rings. The summed E-state index contributed by atoms with van der Waals surface area (Å²) in [5.74, 6) is -0.362. The van der Waals surface area contributed by atoms with Crippen LogP contribution in [0.25, 0.3) is 20.5 Å². The Morgan fingerprint density at radius 2 is 1.95 bits per heavy atom. The topological polar surface area (TPSA) is 76.0 Å². The Morgan fingerprint density at radius 3 is 2.60 bits per heavy atom. The van der Waals surface area contributed by atoms with Gasteiger partial charge in [0.05, 0.1) is 16.5 Å². The summed E-state index contributed by atoms with van der Waals surface area (Å²) in [6.07, 6.45) is 1.09. The second kappa shape index (κ2) is 4.53. The lowest BCUT2D eigenvalue weighted by molar-refractivity contribution is -0.383. The highest BCUT2D eigenvalue weighted by Gasteiger charge is 2.18. The molecule has 1 N–H and O–H groups in total. The second-order valence-corrected chi connectivity index (χ2v) is 5.17. The summed E-state index contributed by atoms with van der Waals surface area (Å²) in [5, 5.41) is 11.2. The maximum absolute atomic E-state index is 12.9. The Balaban J connectivity index is 2.27. The molecule has 3 rings (SSSR count). The van der Waals surface area contributed by atoms with E-state index in [0.717, 1.165) is 17.5 Å². The predicted molar refractivity (Wildman–Crippen MR) is 74.5 cm³/mol. The quantitative estimate of drug-likeness (QED) is 0.581. The number of fused-ring (bicyclic) bond motifs is 1. The van der Waals surface area contributed by atoms with Crippen molar-refractivity contribution in [2.45, 2.75) is 0 Å². The minimum absolute atomic E-state index is 0.141. The summed E-state index contributed by atoms with van der Waals surface area (Å²) in [7, 11) is 0. The molecule has 3 aromatic rings. The third kappa shape index (κ3) is 1.97. The molecule has 0 saturated carbocycles. The van der Waals surface area contributed by atoms with Gasteiger partial charge in [0.15, 0.2) is 0 Å². The number of halogens is 1. The lowest BCUT2D eigenvalue weighted by Crippen LogP contribution is -2.05. The molecule has 0 saturated heterocycles. The molecular weight excluding hydrogens is 283 g/mol. The Kier molecular flexibility index (Phi) is 2.83. The molecular formula is C13H7FN2O3S. The average Bonchev–Trinajstić information content (AvgIpc) is 2.85. The fourth-order valence-electron chi connectivity index (χ4n) is 1.92. The predicted octanol–water partition coefficient (Wildman–Crippen LogP) is 3.30. The lowest BCUT2D eigenvalue weighted by Gasteiger charge is -1.95. The first-order valence-corrected chi connectivity index (χ1v) is 6.43. The SMILES string of the molecule is O=c1[nH]cc([N+](=O)[O-])c2sc(-c3ccc(F)cc3)cc12. The van der Waals surface area contributed by atoms with Crippen molar-refractivity contribution < 1.29 is 9.31 Å². The van der Waals surface area contributed by atoms with Crippen LogP contribution in [0.15, 0.2) is 41.3 Å². The first-order valence-electron chi connectivity index (χ1n) is 5.62. The number of pyridine rings is 1. The Labute approximate surface area is 115 Å². The van der Waals surface area contributed by atoms with Gasteiger partial charge in [-0.15, -0.1) is 11.3 Å². The molecule has 100 valence electrons. The maximum atomic E-state index is 12.9.